The Kier molecular flexibility index (Phi) is 7.83. The maximum Gasteiger partial charge on any atom is 0.123 e. The Morgan fingerprint density at radius 2 is 2.00 bits per heavy atom. The molecule has 98 valence electrons. The van der Waals surface area contributed by atoms with Crippen LogP contribution in [0.4, 0.5) is 0 Å². The summed E-state index contributed by atoms with van der Waals surface area (Å²) in [6.45, 7) is 17.8. The summed E-state index contributed by atoms with van der Waals surface area (Å²) in [5.41, 5.74) is 0. The minimum absolute atomic E-state index is 0.522. The van der Waals surface area contributed by atoms with Crippen LogP contribution in [0.5, 0.6) is 0 Å². The molecular weight excluding hydrogens is 228 g/mol. The van der Waals surface area contributed by atoms with Crippen LogP contribution in [0.3, 0.4) is 0 Å². The van der Waals surface area contributed by atoms with Gasteiger partial charge in [-0.25, -0.2) is 4.99 Å². The molecule has 0 aliphatic rings. The van der Waals surface area contributed by atoms with Crippen LogP contribution in [0, 0.1) is 0 Å². The lowest BCUT2D eigenvalue weighted by Gasteiger charge is -2.22. The van der Waals surface area contributed by atoms with Gasteiger partial charge in [0.05, 0.1) is 0 Å². The maximum atomic E-state index is 5.67. The van der Waals surface area contributed by atoms with Gasteiger partial charge in [-0.15, -0.1) is 0 Å². The SMILES string of the molecule is C=CN=C(CC)N(C=C)COCC[Si](C)(C)C. The molecule has 3 nitrogen and oxygen atoms in total. The quantitative estimate of drug-likeness (QED) is 0.217. The average molecular weight is 254 g/mol. The molecular formula is C13H26N2OSi. The van der Waals surface area contributed by atoms with Gasteiger partial charge in [0.25, 0.3) is 0 Å². The highest BCUT2D eigenvalue weighted by molar-refractivity contribution is 6.76. The summed E-state index contributed by atoms with van der Waals surface area (Å²) in [7, 11) is -1.01. The van der Waals surface area contributed by atoms with E-state index in [4.69, 9.17) is 4.74 Å². The molecule has 0 saturated carbocycles. The first-order valence-corrected chi connectivity index (χ1v) is 9.80. The summed E-state index contributed by atoms with van der Waals surface area (Å²) < 4.78 is 5.67. The molecule has 0 radical (unpaired) electrons. The summed E-state index contributed by atoms with van der Waals surface area (Å²) in [5, 5.41) is 0. The minimum Gasteiger partial charge on any atom is -0.361 e. The Morgan fingerprint density at radius 3 is 2.41 bits per heavy atom. The highest BCUT2D eigenvalue weighted by Gasteiger charge is 2.12. The third kappa shape index (κ3) is 7.93. The molecule has 0 unspecified atom stereocenters. The van der Waals surface area contributed by atoms with Crippen molar-refractivity contribution in [2.24, 2.45) is 4.99 Å². The molecule has 0 heterocycles. The van der Waals surface area contributed by atoms with Gasteiger partial charge in [0.15, 0.2) is 0 Å². The van der Waals surface area contributed by atoms with Gasteiger partial charge in [-0.1, -0.05) is 39.7 Å². The Bertz CT molecular complexity index is 269. The van der Waals surface area contributed by atoms with E-state index in [1.54, 1.807) is 12.4 Å². The zero-order valence-corrected chi connectivity index (χ0v) is 12.7. The van der Waals surface area contributed by atoms with Crippen LogP contribution in [-0.2, 0) is 4.74 Å². The highest BCUT2D eigenvalue weighted by Crippen LogP contribution is 2.08. The smallest absolute Gasteiger partial charge is 0.123 e. The molecule has 0 fully saturated rings. The normalized spacial score (nSPS) is 12.4. The molecule has 0 atom stereocenters. The summed E-state index contributed by atoms with van der Waals surface area (Å²) in [6, 6.07) is 1.18. The second-order valence-electron chi connectivity index (χ2n) is 5.08. The van der Waals surface area contributed by atoms with E-state index in [-0.39, 0.29) is 0 Å². The first-order chi connectivity index (χ1) is 7.94. The van der Waals surface area contributed by atoms with Crippen molar-refractivity contribution in [3.63, 3.8) is 0 Å². The standard InChI is InChI=1S/C13H26N2OSi/c1-7-13(14-8-2)15(9-3)12-16-10-11-17(4,5)6/h8-9H,2-3,7,10-12H2,1,4-6H3. The number of nitrogens with zero attached hydrogens (tertiary/aromatic N) is 2. The van der Waals surface area contributed by atoms with Gasteiger partial charge in [-0.3, -0.25) is 0 Å². The van der Waals surface area contributed by atoms with Crippen LogP contribution in [-0.4, -0.2) is 32.1 Å². The Labute approximate surface area is 107 Å². The number of aliphatic imine (C=N–C) groups is 1. The zero-order valence-electron chi connectivity index (χ0n) is 11.7. The zero-order chi connectivity index (χ0) is 13.3. The van der Waals surface area contributed by atoms with Crippen LogP contribution in [0.15, 0.2) is 30.6 Å². The average Bonchev–Trinajstić information content (AvgIpc) is 2.25. The van der Waals surface area contributed by atoms with Crippen LogP contribution in [0.2, 0.25) is 25.7 Å². The van der Waals surface area contributed by atoms with E-state index >= 15 is 0 Å². The number of rotatable bonds is 8. The molecule has 0 saturated heterocycles. The first kappa shape index (κ1) is 16.1. The predicted molar refractivity (Wildman–Crippen MR) is 78.9 cm³/mol. The topological polar surface area (TPSA) is 24.8 Å². The highest BCUT2D eigenvalue weighted by atomic mass is 28.3. The lowest BCUT2D eigenvalue weighted by atomic mass is 10.4. The summed E-state index contributed by atoms with van der Waals surface area (Å²) in [5.74, 6) is 0.933. The molecule has 0 N–H and O–H groups in total. The first-order valence-electron chi connectivity index (χ1n) is 6.09. The van der Waals surface area contributed by atoms with Gasteiger partial charge >= 0.3 is 0 Å². The van der Waals surface area contributed by atoms with E-state index in [9.17, 15) is 0 Å². The largest absolute Gasteiger partial charge is 0.361 e. The molecule has 0 aromatic carbocycles. The van der Waals surface area contributed by atoms with Gasteiger partial charge < -0.3 is 9.64 Å². The summed E-state index contributed by atoms with van der Waals surface area (Å²) >= 11 is 0. The number of amidine groups is 1. The Hall–Kier alpha value is -0.873. The fraction of sp³-hybridized carbons (Fsp3) is 0.615. The molecule has 0 aliphatic heterocycles. The van der Waals surface area contributed by atoms with Crippen molar-refractivity contribution in [1.82, 2.24) is 4.90 Å². The third-order valence-corrected chi connectivity index (χ3v) is 4.04. The Morgan fingerprint density at radius 1 is 1.35 bits per heavy atom. The predicted octanol–water partition coefficient (Wildman–Crippen LogP) is 3.70. The van der Waals surface area contributed by atoms with Crippen molar-refractivity contribution in [3.05, 3.63) is 25.6 Å². The fourth-order valence-electron chi connectivity index (χ4n) is 1.25. The van der Waals surface area contributed by atoms with Gasteiger partial charge in [0.1, 0.15) is 12.6 Å². The van der Waals surface area contributed by atoms with Crippen molar-refractivity contribution in [3.8, 4) is 0 Å². The number of ether oxygens (including phenoxy) is 1. The summed E-state index contributed by atoms with van der Waals surface area (Å²) in [4.78, 5) is 6.13. The number of hydrogen-bond donors (Lipinski definition) is 0. The number of hydrogen-bond acceptors (Lipinski definition) is 2. The Balaban J connectivity index is 4.10. The molecule has 4 heteroatoms. The minimum atomic E-state index is -1.01. The third-order valence-electron chi connectivity index (χ3n) is 2.34. The molecule has 0 bridgehead atoms. The lowest BCUT2D eigenvalue weighted by molar-refractivity contribution is 0.0927. The molecule has 0 amide bonds. The van der Waals surface area contributed by atoms with E-state index < -0.39 is 8.07 Å². The van der Waals surface area contributed by atoms with Gasteiger partial charge in [0.2, 0.25) is 0 Å². The van der Waals surface area contributed by atoms with Crippen molar-refractivity contribution in [1.29, 1.82) is 0 Å². The van der Waals surface area contributed by atoms with E-state index in [1.165, 1.54) is 6.04 Å². The van der Waals surface area contributed by atoms with E-state index in [2.05, 4.69) is 44.7 Å². The van der Waals surface area contributed by atoms with Gasteiger partial charge in [0, 0.05) is 33.5 Å². The molecule has 0 aromatic heterocycles. The molecule has 0 spiro atoms. The second kappa shape index (κ2) is 8.25. The lowest BCUT2D eigenvalue weighted by Crippen LogP contribution is -2.29. The van der Waals surface area contributed by atoms with Crippen molar-refractivity contribution >= 4 is 13.9 Å². The van der Waals surface area contributed by atoms with Gasteiger partial charge in [-0.2, -0.15) is 0 Å². The van der Waals surface area contributed by atoms with E-state index in [1.807, 2.05) is 4.90 Å². The van der Waals surface area contributed by atoms with Crippen LogP contribution < -0.4 is 0 Å². The second-order valence-corrected chi connectivity index (χ2v) is 10.7. The maximum absolute atomic E-state index is 5.67. The summed E-state index contributed by atoms with van der Waals surface area (Å²) in [6.07, 6.45) is 4.15. The van der Waals surface area contributed by atoms with E-state index in [0.717, 1.165) is 18.9 Å². The molecule has 0 rings (SSSR count). The van der Waals surface area contributed by atoms with Crippen LogP contribution in [0.25, 0.3) is 0 Å². The molecule has 0 aliphatic carbocycles. The van der Waals surface area contributed by atoms with Gasteiger partial charge in [-0.05, 0) is 6.04 Å². The van der Waals surface area contributed by atoms with Crippen molar-refractivity contribution < 1.29 is 4.74 Å². The monoisotopic (exact) mass is 254 g/mol. The molecule has 17 heavy (non-hydrogen) atoms. The van der Waals surface area contributed by atoms with Crippen molar-refractivity contribution in [2.75, 3.05) is 13.3 Å². The van der Waals surface area contributed by atoms with Crippen LogP contribution in [0.1, 0.15) is 13.3 Å². The fourth-order valence-corrected chi connectivity index (χ4v) is 2.00. The van der Waals surface area contributed by atoms with Crippen LogP contribution >= 0.6 is 0 Å². The van der Waals surface area contributed by atoms with Crippen molar-refractivity contribution in [2.45, 2.75) is 39.0 Å². The molecule has 0 aromatic rings. The van der Waals surface area contributed by atoms with E-state index in [0.29, 0.717) is 6.73 Å².